The van der Waals surface area contributed by atoms with Crippen molar-refractivity contribution in [1.29, 1.82) is 0 Å². The summed E-state index contributed by atoms with van der Waals surface area (Å²) in [5.41, 5.74) is 5.38. The van der Waals surface area contributed by atoms with Gasteiger partial charge in [-0.1, -0.05) is 30.3 Å². The summed E-state index contributed by atoms with van der Waals surface area (Å²) in [5, 5.41) is 1.17. The highest BCUT2D eigenvalue weighted by molar-refractivity contribution is 7.89. The molecule has 2 heterocycles. The highest BCUT2D eigenvalue weighted by atomic mass is 32.2. The van der Waals surface area contributed by atoms with E-state index < -0.39 is 20.0 Å². The zero-order valence-electron chi connectivity index (χ0n) is 19.0. The van der Waals surface area contributed by atoms with Gasteiger partial charge in [0, 0.05) is 36.7 Å². The highest BCUT2D eigenvalue weighted by Gasteiger charge is 2.28. The number of hydrogen-bond acceptors (Lipinski definition) is 4. The Hall–Kier alpha value is -2.20. The van der Waals surface area contributed by atoms with Gasteiger partial charge in [0.2, 0.25) is 20.0 Å². The van der Waals surface area contributed by atoms with Crippen molar-refractivity contribution < 1.29 is 16.8 Å². The minimum absolute atomic E-state index is 0.0670. The lowest BCUT2D eigenvalue weighted by atomic mass is 9.89. The Labute approximate surface area is 196 Å². The van der Waals surface area contributed by atoms with Gasteiger partial charge in [0.25, 0.3) is 0 Å². The predicted molar refractivity (Wildman–Crippen MR) is 133 cm³/mol. The van der Waals surface area contributed by atoms with Gasteiger partial charge in [-0.05, 0) is 67.0 Å². The molecule has 3 aromatic rings. The fourth-order valence-corrected chi connectivity index (χ4v) is 6.12. The smallest absolute Gasteiger partial charge is 0.213 e. The van der Waals surface area contributed by atoms with Crippen molar-refractivity contribution in [2.75, 3.05) is 24.6 Å². The molecule has 7 nitrogen and oxygen atoms in total. The van der Waals surface area contributed by atoms with Crippen LogP contribution in [-0.4, -0.2) is 50.7 Å². The van der Waals surface area contributed by atoms with E-state index in [1.807, 2.05) is 24.3 Å². The molecule has 2 N–H and O–H groups in total. The zero-order chi connectivity index (χ0) is 23.6. The summed E-state index contributed by atoms with van der Waals surface area (Å²) in [6, 6.07) is 14.3. The third-order valence-electron chi connectivity index (χ3n) is 6.53. The number of nitrogens with one attached hydrogen (secondary N) is 2. The van der Waals surface area contributed by atoms with Gasteiger partial charge in [0.05, 0.1) is 11.5 Å². The number of nitrogens with zero attached hydrogens (tertiary/aromatic N) is 1. The second-order valence-electron chi connectivity index (χ2n) is 8.50. The fraction of sp³-hybridized carbons (Fsp3) is 0.417. The van der Waals surface area contributed by atoms with Gasteiger partial charge in [-0.2, -0.15) is 0 Å². The first-order valence-electron chi connectivity index (χ1n) is 11.4. The summed E-state index contributed by atoms with van der Waals surface area (Å²) in [7, 11) is -6.35. The number of benzene rings is 2. The Balaban J connectivity index is 1.52. The number of rotatable bonds is 8. The molecule has 1 saturated heterocycles. The summed E-state index contributed by atoms with van der Waals surface area (Å²) in [5.74, 6) is 0.542. The molecule has 0 unspecified atom stereocenters. The van der Waals surface area contributed by atoms with E-state index >= 15 is 0 Å². The third-order valence-corrected chi connectivity index (χ3v) is 9.75. The van der Waals surface area contributed by atoms with Crippen LogP contribution in [0.4, 0.5) is 0 Å². The monoisotopic (exact) mass is 489 g/mol. The number of fused-ring (bicyclic) bond motifs is 1. The van der Waals surface area contributed by atoms with E-state index in [1.54, 1.807) is 18.2 Å². The van der Waals surface area contributed by atoms with Crippen LogP contribution in [0.15, 0.2) is 48.7 Å². The molecule has 0 bridgehead atoms. The SMILES string of the molecule is CCS(=O)(=O)NCc1ccc(-c2ccc3[nH]cc(C4CCN(S(=O)(=O)CC)CC4)c3c2)cc1. The molecule has 1 aliphatic heterocycles. The summed E-state index contributed by atoms with van der Waals surface area (Å²) >= 11 is 0. The van der Waals surface area contributed by atoms with Crippen molar-refractivity contribution in [2.24, 2.45) is 0 Å². The number of hydrogen-bond donors (Lipinski definition) is 2. The average Bonchev–Trinajstić information content (AvgIpc) is 3.26. The highest BCUT2D eigenvalue weighted by Crippen LogP contribution is 2.35. The van der Waals surface area contributed by atoms with Crippen LogP contribution in [0, 0.1) is 0 Å². The van der Waals surface area contributed by atoms with E-state index in [-0.39, 0.29) is 18.1 Å². The minimum Gasteiger partial charge on any atom is -0.361 e. The van der Waals surface area contributed by atoms with E-state index in [4.69, 9.17) is 0 Å². The molecule has 4 rings (SSSR count). The molecule has 178 valence electrons. The molecule has 0 radical (unpaired) electrons. The largest absolute Gasteiger partial charge is 0.361 e. The second kappa shape index (κ2) is 9.58. The predicted octanol–water partition coefficient (Wildman–Crippen LogP) is 3.80. The lowest BCUT2D eigenvalue weighted by Crippen LogP contribution is -2.38. The molecule has 0 amide bonds. The number of aromatic amines is 1. The first-order chi connectivity index (χ1) is 15.7. The van der Waals surface area contributed by atoms with Crippen LogP contribution in [0.5, 0.6) is 0 Å². The normalized spacial score (nSPS) is 16.4. The summed E-state index contributed by atoms with van der Waals surface area (Å²) in [4.78, 5) is 3.37. The number of aromatic nitrogens is 1. The van der Waals surface area contributed by atoms with E-state index in [0.717, 1.165) is 35.0 Å². The zero-order valence-corrected chi connectivity index (χ0v) is 20.7. The molecule has 33 heavy (non-hydrogen) atoms. The summed E-state index contributed by atoms with van der Waals surface area (Å²) < 4.78 is 51.9. The van der Waals surface area contributed by atoms with Gasteiger partial charge in [0.1, 0.15) is 0 Å². The summed E-state index contributed by atoms with van der Waals surface area (Å²) in [6.07, 6.45) is 3.70. The topological polar surface area (TPSA) is 99.3 Å². The van der Waals surface area contributed by atoms with Gasteiger partial charge in [-0.15, -0.1) is 0 Å². The maximum atomic E-state index is 12.2. The third kappa shape index (κ3) is 5.32. The standard InChI is InChI=1S/C24H31N3O4S2/c1-3-32(28,29)26-16-18-5-7-19(8-6-18)21-9-10-24-22(15-21)23(17-25-24)20-11-13-27(14-12-20)33(30,31)4-2/h5-10,15,17,20,25-26H,3-4,11-14,16H2,1-2H3. The van der Waals surface area contributed by atoms with Crippen LogP contribution in [0.2, 0.25) is 0 Å². The number of piperidine rings is 1. The maximum absolute atomic E-state index is 12.2. The van der Waals surface area contributed by atoms with Gasteiger partial charge in [-0.25, -0.2) is 25.9 Å². The average molecular weight is 490 g/mol. The number of H-pyrrole nitrogens is 1. The van der Waals surface area contributed by atoms with Crippen molar-refractivity contribution >= 4 is 30.9 Å². The Morgan fingerprint density at radius 1 is 0.939 bits per heavy atom. The molecule has 9 heteroatoms. The molecule has 1 aromatic heterocycles. The lowest BCUT2D eigenvalue weighted by Gasteiger charge is -2.30. The molecule has 0 atom stereocenters. The molecule has 0 spiro atoms. The summed E-state index contributed by atoms with van der Waals surface area (Å²) in [6.45, 7) is 4.73. The van der Waals surface area contributed by atoms with E-state index in [1.165, 1.54) is 10.9 Å². The molecule has 1 aliphatic rings. The Bertz CT molecular complexity index is 1320. The van der Waals surface area contributed by atoms with Crippen LogP contribution in [0.25, 0.3) is 22.0 Å². The molecule has 2 aromatic carbocycles. The van der Waals surface area contributed by atoms with Crippen molar-refractivity contribution in [3.8, 4) is 11.1 Å². The lowest BCUT2D eigenvalue weighted by molar-refractivity contribution is 0.321. The molecule has 0 saturated carbocycles. The minimum atomic E-state index is -3.22. The van der Waals surface area contributed by atoms with Crippen molar-refractivity contribution in [3.05, 3.63) is 59.8 Å². The molecule has 1 fully saturated rings. The van der Waals surface area contributed by atoms with Crippen molar-refractivity contribution in [3.63, 3.8) is 0 Å². The Kier molecular flexibility index (Phi) is 6.95. The number of sulfonamides is 2. The van der Waals surface area contributed by atoms with Crippen LogP contribution < -0.4 is 4.72 Å². The molecule has 0 aliphatic carbocycles. The Morgan fingerprint density at radius 3 is 2.24 bits per heavy atom. The second-order valence-corrected chi connectivity index (χ2v) is 12.9. The van der Waals surface area contributed by atoms with Gasteiger partial charge < -0.3 is 4.98 Å². The first-order valence-corrected chi connectivity index (χ1v) is 14.6. The van der Waals surface area contributed by atoms with E-state index in [0.29, 0.717) is 19.0 Å². The van der Waals surface area contributed by atoms with E-state index in [2.05, 4.69) is 34.1 Å². The van der Waals surface area contributed by atoms with Crippen LogP contribution in [-0.2, 0) is 26.6 Å². The molecular formula is C24H31N3O4S2. The maximum Gasteiger partial charge on any atom is 0.213 e. The van der Waals surface area contributed by atoms with E-state index in [9.17, 15) is 16.8 Å². The van der Waals surface area contributed by atoms with Crippen LogP contribution >= 0.6 is 0 Å². The van der Waals surface area contributed by atoms with Gasteiger partial charge >= 0.3 is 0 Å². The van der Waals surface area contributed by atoms with Crippen molar-refractivity contribution in [1.82, 2.24) is 14.0 Å². The van der Waals surface area contributed by atoms with Crippen LogP contribution in [0.3, 0.4) is 0 Å². The van der Waals surface area contributed by atoms with Gasteiger partial charge in [-0.3, -0.25) is 0 Å². The van der Waals surface area contributed by atoms with Gasteiger partial charge in [0.15, 0.2) is 0 Å². The first kappa shape index (κ1) is 23.9. The Morgan fingerprint density at radius 2 is 1.61 bits per heavy atom. The van der Waals surface area contributed by atoms with Crippen LogP contribution in [0.1, 0.15) is 43.7 Å². The van der Waals surface area contributed by atoms with Crippen molar-refractivity contribution in [2.45, 2.75) is 39.2 Å². The fourth-order valence-electron chi connectivity index (χ4n) is 4.40. The molecular weight excluding hydrogens is 458 g/mol. The quantitative estimate of drug-likeness (QED) is 0.503.